The molecule has 32 valence electrons. The Bertz CT molecular complexity index is 45.5. The maximum atomic E-state index is 9.20. The van der Waals surface area contributed by atoms with E-state index in [4.69, 9.17) is 0 Å². The highest BCUT2D eigenvalue weighted by Gasteiger charge is 1.79. The fraction of sp³-hybridized carbons (Fsp3) is 0. The molecular weight excluding hydrogens is 120 g/mol. The smallest absolute Gasteiger partial charge is 0.276 e. The van der Waals surface area contributed by atoms with Crippen LogP contribution in [-0.4, -0.2) is 11.2 Å². The molecule has 0 N–H and O–H groups in total. The van der Waals surface area contributed by atoms with Crippen LogP contribution in [0, 0.1) is 0 Å². The predicted octanol–water partition coefficient (Wildman–Crippen LogP) is 0.502. The Morgan fingerprint density at radius 1 is 1.00 bits per heavy atom. The van der Waals surface area contributed by atoms with Crippen molar-refractivity contribution in [3.05, 3.63) is 0 Å². The Morgan fingerprint density at radius 2 is 1.33 bits per heavy atom. The highest BCUT2D eigenvalue weighted by molar-refractivity contribution is 8.86. The molecule has 0 saturated carbocycles. The first-order valence-corrected chi connectivity index (χ1v) is 3.13. The molecule has 0 fully saturated rings. The van der Waals surface area contributed by atoms with Crippen LogP contribution in [0.4, 0.5) is 0 Å². The van der Waals surface area contributed by atoms with Gasteiger partial charge in [-0.3, -0.25) is 9.59 Å². The molecule has 2 radical (unpaired) electrons. The highest BCUT2D eigenvalue weighted by Crippen LogP contribution is 2.11. The summed E-state index contributed by atoms with van der Waals surface area (Å²) in [6.07, 6.45) is 0. The summed E-state index contributed by atoms with van der Waals surface area (Å²) < 4.78 is 0. The molecule has 0 aliphatic rings. The van der Waals surface area contributed by atoms with E-state index in [0.29, 0.717) is 21.6 Å². The number of hydrogen-bond donors (Lipinski definition) is 0. The minimum Gasteiger partial charge on any atom is -0.276 e. The Balaban J connectivity index is 2.66. The van der Waals surface area contributed by atoms with Crippen molar-refractivity contribution in [3.63, 3.8) is 0 Å². The molecule has 0 aromatic heterocycles. The Kier molecular flexibility index (Phi) is 5.07. The molecule has 4 heteroatoms. The molecule has 0 aliphatic carbocycles. The molecule has 0 aromatic carbocycles. The summed E-state index contributed by atoms with van der Waals surface area (Å²) in [7, 11) is 1.39. The largest absolute Gasteiger partial charge is 0.277 e. The quantitative estimate of drug-likeness (QED) is 0.401. The van der Waals surface area contributed by atoms with Crippen LogP contribution in [-0.2, 0) is 9.59 Å². The molecule has 0 amide bonds. The van der Waals surface area contributed by atoms with Crippen LogP contribution < -0.4 is 0 Å². The molecule has 0 heterocycles. The van der Waals surface area contributed by atoms with Crippen LogP contribution in [0.3, 0.4) is 0 Å². The topological polar surface area (TPSA) is 34.1 Å². The van der Waals surface area contributed by atoms with E-state index >= 15 is 0 Å². The summed E-state index contributed by atoms with van der Waals surface area (Å²) in [4.78, 5) is 18.4. The second-order valence-corrected chi connectivity index (χ2v) is 2.00. The highest BCUT2D eigenvalue weighted by atomic mass is 33.1. The van der Waals surface area contributed by atoms with E-state index in [1.54, 1.807) is 0 Å². The van der Waals surface area contributed by atoms with Gasteiger partial charge in [-0.15, -0.1) is 0 Å². The van der Waals surface area contributed by atoms with E-state index in [0.717, 1.165) is 0 Å². The summed E-state index contributed by atoms with van der Waals surface area (Å²) in [6, 6.07) is 0. The van der Waals surface area contributed by atoms with Crippen LogP contribution in [0.25, 0.3) is 0 Å². The van der Waals surface area contributed by atoms with Crippen molar-refractivity contribution in [2.45, 2.75) is 0 Å². The van der Waals surface area contributed by atoms with E-state index in [9.17, 15) is 9.59 Å². The first-order valence-electron chi connectivity index (χ1n) is 0.983. The first-order chi connectivity index (χ1) is 2.91. The molecule has 2 nitrogen and oxygen atoms in total. The lowest BCUT2D eigenvalue weighted by atomic mass is 11.8. The van der Waals surface area contributed by atoms with Crippen LogP contribution in [0.5, 0.6) is 0 Å². The van der Waals surface area contributed by atoms with Gasteiger partial charge < -0.3 is 0 Å². The SMILES string of the molecule is O=[C]SS[C]=O. The normalized spacial score (nSPS) is 7.33. The van der Waals surface area contributed by atoms with Gasteiger partial charge in [-0.25, -0.2) is 0 Å². The van der Waals surface area contributed by atoms with Crippen LogP contribution >= 0.6 is 21.6 Å². The summed E-state index contributed by atoms with van der Waals surface area (Å²) >= 11 is 0. The van der Waals surface area contributed by atoms with Gasteiger partial charge >= 0.3 is 0 Å². The number of carbonyl (C=O) groups excluding carboxylic acids is 2. The molecule has 0 saturated heterocycles. The van der Waals surface area contributed by atoms with Gasteiger partial charge in [0.25, 0.3) is 11.2 Å². The van der Waals surface area contributed by atoms with Crippen LogP contribution in [0.15, 0.2) is 0 Å². The molecule has 0 bridgehead atoms. The molecule has 0 aliphatic heterocycles. The van der Waals surface area contributed by atoms with E-state index < -0.39 is 0 Å². The minimum atomic E-state index is 0.696. The molecule has 0 spiro atoms. The maximum Gasteiger partial charge on any atom is 0.277 e. The zero-order valence-electron chi connectivity index (χ0n) is 2.63. The third kappa shape index (κ3) is 4.04. The Labute approximate surface area is 43.1 Å². The van der Waals surface area contributed by atoms with Gasteiger partial charge in [-0.2, -0.15) is 0 Å². The molecule has 0 atom stereocenters. The van der Waals surface area contributed by atoms with Gasteiger partial charge in [0.05, 0.1) is 0 Å². The Hall–Kier alpha value is 0.0400. The van der Waals surface area contributed by atoms with E-state index in [-0.39, 0.29) is 0 Å². The molecule has 0 unspecified atom stereocenters. The van der Waals surface area contributed by atoms with Gasteiger partial charge in [0, 0.05) is 0 Å². The molecular formula is C2O2S2. The van der Waals surface area contributed by atoms with E-state index in [1.807, 2.05) is 0 Å². The van der Waals surface area contributed by atoms with Crippen molar-refractivity contribution in [1.82, 2.24) is 0 Å². The Morgan fingerprint density at radius 3 is 1.50 bits per heavy atom. The van der Waals surface area contributed by atoms with Crippen molar-refractivity contribution in [2.24, 2.45) is 0 Å². The fourth-order valence-electron chi connectivity index (χ4n) is 0.0340. The fourth-order valence-corrected chi connectivity index (χ4v) is 0.306. The third-order valence-electron chi connectivity index (χ3n) is 0.110. The van der Waals surface area contributed by atoms with Crippen molar-refractivity contribution in [2.75, 3.05) is 0 Å². The van der Waals surface area contributed by atoms with Crippen molar-refractivity contribution in [1.29, 1.82) is 0 Å². The van der Waals surface area contributed by atoms with E-state index in [1.165, 1.54) is 11.2 Å². The van der Waals surface area contributed by atoms with Crippen molar-refractivity contribution in [3.8, 4) is 0 Å². The molecule has 6 heavy (non-hydrogen) atoms. The lowest BCUT2D eigenvalue weighted by molar-refractivity contribution is 0.569. The summed E-state index contributed by atoms with van der Waals surface area (Å²) in [5.41, 5.74) is 2.87. The number of rotatable bonds is 3. The summed E-state index contributed by atoms with van der Waals surface area (Å²) in [5.74, 6) is 0. The average Bonchev–Trinajstić information content (AvgIpc) is 1.61. The third-order valence-corrected chi connectivity index (χ3v) is 0.987. The predicted molar refractivity (Wildman–Crippen MR) is 26.6 cm³/mol. The van der Waals surface area contributed by atoms with Crippen molar-refractivity contribution >= 4 is 32.8 Å². The van der Waals surface area contributed by atoms with Gasteiger partial charge in [0.2, 0.25) is 0 Å². The second kappa shape index (κ2) is 5.04. The van der Waals surface area contributed by atoms with Crippen LogP contribution in [0.2, 0.25) is 0 Å². The zero-order chi connectivity index (χ0) is 4.83. The summed E-state index contributed by atoms with van der Waals surface area (Å²) in [5, 5.41) is 0. The monoisotopic (exact) mass is 120 g/mol. The van der Waals surface area contributed by atoms with Gasteiger partial charge in [-0.05, 0) is 21.6 Å². The molecule has 0 aromatic rings. The standard InChI is InChI=1S/C2O2S2/c3-1-5-6-2-4. The number of hydrogen-bond acceptors (Lipinski definition) is 4. The first kappa shape index (κ1) is 6.04. The second-order valence-electron chi connectivity index (χ2n) is 0.333. The van der Waals surface area contributed by atoms with Crippen LogP contribution in [0.1, 0.15) is 0 Å². The lowest BCUT2D eigenvalue weighted by Crippen LogP contribution is -1.50. The summed E-state index contributed by atoms with van der Waals surface area (Å²) in [6.45, 7) is 0. The molecule has 0 rings (SSSR count). The lowest BCUT2D eigenvalue weighted by Gasteiger charge is -1.64. The van der Waals surface area contributed by atoms with Gasteiger partial charge in [0.1, 0.15) is 0 Å². The van der Waals surface area contributed by atoms with Gasteiger partial charge in [0.15, 0.2) is 0 Å². The van der Waals surface area contributed by atoms with E-state index in [2.05, 4.69) is 0 Å². The minimum absolute atomic E-state index is 0.696. The maximum absolute atomic E-state index is 9.20. The zero-order valence-corrected chi connectivity index (χ0v) is 4.27. The van der Waals surface area contributed by atoms with Crippen molar-refractivity contribution < 1.29 is 9.59 Å². The average molecular weight is 120 g/mol. The van der Waals surface area contributed by atoms with Gasteiger partial charge in [-0.1, -0.05) is 0 Å².